The molecule has 0 aromatic carbocycles. The van der Waals surface area contributed by atoms with Gasteiger partial charge in [0.2, 0.25) is 0 Å². The number of hydrogen-bond acceptors (Lipinski definition) is 3. The molecule has 0 radical (unpaired) electrons. The summed E-state index contributed by atoms with van der Waals surface area (Å²) in [6, 6.07) is 1.20. The number of hydrogen-bond donors (Lipinski definition) is 1. The molecule has 0 saturated carbocycles. The lowest BCUT2D eigenvalue weighted by Crippen LogP contribution is -2.39. The van der Waals surface area contributed by atoms with Gasteiger partial charge in [0.1, 0.15) is 9.84 Å². The van der Waals surface area contributed by atoms with Gasteiger partial charge in [0.05, 0.1) is 5.75 Å². The van der Waals surface area contributed by atoms with Gasteiger partial charge in [0, 0.05) is 18.3 Å². The molecule has 13 heavy (non-hydrogen) atoms. The van der Waals surface area contributed by atoms with Gasteiger partial charge in [-0.25, -0.2) is 8.42 Å². The highest BCUT2D eigenvalue weighted by molar-refractivity contribution is 7.90. The molecule has 2 aliphatic rings. The van der Waals surface area contributed by atoms with Crippen molar-refractivity contribution in [3.05, 3.63) is 0 Å². The topological polar surface area (TPSA) is 46.2 Å². The van der Waals surface area contributed by atoms with Crippen LogP contribution in [0.15, 0.2) is 0 Å². The summed E-state index contributed by atoms with van der Waals surface area (Å²) < 4.78 is 22.2. The highest BCUT2D eigenvalue weighted by atomic mass is 32.2. The maximum absolute atomic E-state index is 11.1. The van der Waals surface area contributed by atoms with E-state index in [0.29, 0.717) is 23.8 Å². The summed E-state index contributed by atoms with van der Waals surface area (Å²) in [6.45, 7) is 0. The fourth-order valence-electron chi connectivity index (χ4n) is 2.74. The molecule has 2 saturated heterocycles. The van der Waals surface area contributed by atoms with Gasteiger partial charge in [0.15, 0.2) is 0 Å². The van der Waals surface area contributed by atoms with E-state index in [0.717, 1.165) is 12.8 Å². The zero-order valence-corrected chi connectivity index (χ0v) is 8.81. The van der Waals surface area contributed by atoms with Crippen molar-refractivity contribution >= 4 is 9.84 Å². The van der Waals surface area contributed by atoms with E-state index in [1.807, 2.05) is 0 Å². The molecule has 0 amide bonds. The van der Waals surface area contributed by atoms with Crippen molar-refractivity contribution in [3.63, 3.8) is 0 Å². The van der Waals surface area contributed by atoms with Crippen molar-refractivity contribution in [1.82, 2.24) is 5.32 Å². The lowest BCUT2D eigenvalue weighted by molar-refractivity contribution is 0.320. The fourth-order valence-corrected chi connectivity index (χ4v) is 3.87. The summed E-state index contributed by atoms with van der Waals surface area (Å²) in [4.78, 5) is 0. The SMILES string of the molecule is CS(=O)(=O)CC1CC2CCC(C1)N2. The molecule has 2 bridgehead atoms. The maximum atomic E-state index is 11.1. The Hall–Kier alpha value is -0.0900. The van der Waals surface area contributed by atoms with Gasteiger partial charge in [-0.1, -0.05) is 0 Å². The summed E-state index contributed by atoms with van der Waals surface area (Å²) >= 11 is 0. The van der Waals surface area contributed by atoms with Crippen molar-refractivity contribution in [2.45, 2.75) is 37.8 Å². The zero-order chi connectivity index (χ0) is 9.47. The minimum absolute atomic E-state index is 0.391. The lowest BCUT2D eigenvalue weighted by Gasteiger charge is -2.28. The van der Waals surface area contributed by atoms with Gasteiger partial charge in [-0.05, 0) is 31.6 Å². The molecule has 3 nitrogen and oxygen atoms in total. The molecule has 1 N–H and O–H groups in total. The first-order chi connectivity index (χ1) is 6.03. The summed E-state index contributed by atoms with van der Waals surface area (Å²) in [6.07, 6.45) is 5.94. The summed E-state index contributed by atoms with van der Waals surface area (Å²) in [7, 11) is -2.77. The minimum Gasteiger partial charge on any atom is -0.311 e. The van der Waals surface area contributed by atoms with Crippen molar-refractivity contribution in [2.24, 2.45) is 5.92 Å². The Morgan fingerprint density at radius 1 is 1.23 bits per heavy atom. The molecular weight excluding hydrogens is 186 g/mol. The number of rotatable bonds is 2. The molecule has 4 heteroatoms. The highest BCUT2D eigenvalue weighted by Crippen LogP contribution is 2.31. The van der Waals surface area contributed by atoms with Crippen molar-refractivity contribution in [1.29, 1.82) is 0 Å². The second-order valence-electron chi connectivity index (χ2n) is 4.57. The summed E-state index contributed by atoms with van der Waals surface area (Å²) in [5.41, 5.74) is 0. The third-order valence-electron chi connectivity index (χ3n) is 3.11. The van der Waals surface area contributed by atoms with Crippen LogP contribution in [0.5, 0.6) is 0 Å². The van der Waals surface area contributed by atoms with Gasteiger partial charge in [0.25, 0.3) is 0 Å². The van der Waals surface area contributed by atoms with Crippen LogP contribution in [0, 0.1) is 5.92 Å². The normalized spacial score (nSPS) is 39.3. The molecule has 0 aromatic heterocycles. The second-order valence-corrected chi connectivity index (χ2v) is 6.75. The molecule has 2 unspecified atom stereocenters. The fraction of sp³-hybridized carbons (Fsp3) is 1.00. The first-order valence-electron chi connectivity index (χ1n) is 4.97. The first-order valence-corrected chi connectivity index (χ1v) is 7.03. The van der Waals surface area contributed by atoms with E-state index in [1.165, 1.54) is 19.1 Å². The van der Waals surface area contributed by atoms with Gasteiger partial charge in [-0.2, -0.15) is 0 Å². The second kappa shape index (κ2) is 3.24. The van der Waals surface area contributed by atoms with E-state index < -0.39 is 9.84 Å². The van der Waals surface area contributed by atoms with Crippen molar-refractivity contribution in [3.8, 4) is 0 Å². The third-order valence-corrected chi connectivity index (χ3v) is 4.19. The van der Waals surface area contributed by atoms with Crippen LogP contribution in [-0.4, -0.2) is 32.5 Å². The van der Waals surface area contributed by atoms with Crippen molar-refractivity contribution in [2.75, 3.05) is 12.0 Å². The van der Waals surface area contributed by atoms with Crippen molar-refractivity contribution < 1.29 is 8.42 Å². The van der Waals surface area contributed by atoms with E-state index >= 15 is 0 Å². The highest BCUT2D eigenvalue weighted by Gasteiger charge is 2.34. The lowest BCUT2D eigenvalue weighted by atomic mass is 9.94. The minimum atomic E-state index is -2.77. The Morgan fingerprint density at radius 2 is 1.77 bits per heavy atom. The molecule has 0 aromatic rings. The van der Waals surface area contributed by atoms with E-state index in [4.69, 9.17) is 0 Å². The van der Waals surface area contributed by atoms with Gasteiger partial charge < -0.3 is 5.32 Å². The zero-order valence-electron chi connectivity index (χ0n) is 7.99. The number of fused-ring (bicyclic) bond motifs is 2. The molecule has 2 rings (SSSR count). The number of piperidine rings is 1. The molecular formula is C9H17NO2S. The van der Waals surface area contributed by atoms with Gasteiger partial charge >= 0.3 is 0 Å². The van der Waals surface area contributed by atoms with Crippen LogP contribution in [0.2, 0.25) is 0 Å². The van der Waals surface area contributed by atoms with Gasteiger partial charge in [-0.3, -0.25) is 0 Å². The monoisotopic (exact) mass is 203 g/mol. The molecule has 0 aliphatic carbocycles. The molecule has 0 spiro atoms. The Kier molecular flexibility index (Phi) is 2.36. The summed E-state index contributed by atoms with van der Waals surface area (Å²) in [5, 5.41) is 3.51. The number of nitrogens with one attached hydrogen (secondary N) is 1. The standard InChI is InChI=1S/C9H17NO2S/c1-13(11,12)6-7-4-8-2-3-9(5-7)10-8/h7-10H,2-6H2,1H3. The molecule has 2 atom stereocenters. The van der Waals surface area contributed by atoms with Crippen LogP contribution in [0.3, 0.4) is 0 Å². The van der Waals surface area contributed by atoms with Gasteiger partial charge in [-0.15, -0.1) is 0 Å². The smallest absolute Gasteiger partial charge is 0.147 e. The van der Waals surface area contributed by atoms with Crippen LogP contribution in [0.4, 0.5) is 0 Å². The molecule has 76 valence electrons. The molecule has 2 fully saturated rings. The van der Waals surface area contributed by atoms with Crippen LogP contribution in [0.25, 0.3) is 0 Å². The Morgan fingerprint density at radius 3 is 2.23 bits per heavy atom. The average Bonchev–Trinajstić information content (AvgIpc) is 2.27. The summed E-state index contributed by atoms with van der Waals surface area (Å²) in [5.74, 6) is 0.801. The Bertz CT molecular complexity index is 274. The molecule has 2 aliphatic heterocycles. The van der Waals surface area contributed by atoms with Crippen LogP contribution in [0.1, 0.15) is 25.7 Å². The number of sulfone groups is 1. The quantitative estimate of drug-likeness (QED) is 0.713. The largest absolute Gasteiger partial charge is 0.311 e. The third kappa shape index (κ3) is 2.44. The predicted molar refractivity (Wildman–Crippen MR) is 52.4 cm³/mol. The van der Waals surface area contributed by atoms with E-state index in [1.54, 1.807) is 0 Å². The van der Waals surface area contributed by atoms with E-state index in [-0.39, 0.29) is 0 Å². The maximum Gasteiger partial charge on any atom is 0.147 e. The van der Waals surface area contributed by atoms with E-state index in [2.05, 4.69) is 5.32 Å². The van der Waals surface area contributed by atoms with Crippen LogP contribution >= 0.6 is 0 Å². The first kappa shape index (κ1) is 9.46. The predicted octanol–water partition coefficient (Wildman–Crippen LogP) is 0.562. The van der Waals surface area contributed by atoms with Crippen LogP contribution < -0.4 is 5.32 Å². The average molecular weight is 203 g/mol. The van der Waals surface area contributed by atoms with E-state index in [9.17, 15) is 8.42 Å². The Labute approximate surface area is 79.8 Å². The van der Waals surface area contributed by atoms with Crippen LogP contribution in [-0.2, 0) is 9.84 Å². The Balaban J connectivity index is 1.96. The molecule has 2 heterocycles.